The Morgan fingerprint density at radius 2 is 1.89 bits per heavy atom. The molecular formula is C15H14O3. The van der Waals surface area contributed by atoms with E-state index in [0.29, 0.717) is 0 Å². The molecule has 2 aliphatic heterocycles. The van der Waals surface area contributed by atoms with E-state index >= 15 is 0 Å². The molecule has 92 valence electrons. The van der Waals surface area contributed by atoms with Crippen LogP contribution in [-0.2, 0) is 14.3 Å². The molecule has 4 unspecified atom stereocenters. The molecule has 2 heterocycles. The van der Waals surface area contributed by atoms with Crippen molar-refractivity contribution in [3.8, 4) is 0 Å². The first-order valence-corrected chi connectivity index (χ1v) is 6.12. The molecule has 0 saturated carbocycles. The Labute approximate surface area is 105 Å². The lowest BCUT2D eigenvalue weighted by molar-refractivity contribution is -0.166. The van der Waals surface area contributed by atoms with E-state index in [-0.39, 0.29) is 29.7 Å². The molecule has 1 saturated heterocycles. The summed E-state index contributed by atoms with van der Waals surface area (Å²) in [7, 11) is 0. The highest BCUT2D eigenvalue weighted by Gasteiger charge is 2.49. The minimum Gasteiger partial charge on any atom is -0.457 e. The molecule has 3 heteroatoms. The lowest BCUT2D eigenvalue weighted by atomic mass is 9.67. The minimum atomic E-state index is -0.419. The zero-order chi connectivity index (χ0) is 12.7. The predicted molar refractivity (Wildman–Crippen MR) is 65.9 cm³/mol. The molecule has 1 aromatic carbocycles. The molecule has 1 aromatic rings. The van der Waals surface area contributed by atoms with Gasteiger partial charge in [-0.2, -0.15) is 0 Å². The van der Waals surface area contributed by atoms with Crippen molar-refractivity contribution in [3.63, 3.8) is 0 Å². The molecule has 18 heavy (non-hydrogen) atoms. The van der Waals surface area contributed by atoms with Crippen LogP contribution in [0.3, 0.4) is 0 Å². The first-order valence-electron chi connectivity index (χ1n) is 6.12. The van der Waals surface area contributed by atoms with E-state index in [1.54, 1.807) is 6.92 Å². The maximum atomic E-state index is 11.9. The number of rotatable bonds is 2. The van der Waals surface area contributed by atoms with Crippen LogP contribution in [0.1, 0.15) is 18.4 Å². The molecule has 0 amide bonds. The van der Waals surface area contributed by atoms with Crippen molar-refractivity contribution in [2.24, 2.45) is 11.8 Å². The van der Waals surface area contributed by atoms with E-state index in [4.69, 9.17) is 4.74 Å². The van der Waals surface area contributed by atoms with Gasteiger partial charge >= 0.3 is 5.97 Å². The summed E-state index contributed by atoms with van der Waals surface area (Å²) >= 11 is 0. The Morgan fingerprint density at radius 1 is 1.17 bits per heavy atom. The van der Waals surface area contributed by atoms with Crippen molar-refractivity contribution in [1.82, 2.24) is 0 Å². The molecule has 0 radical (unpaired) electrons. The number of hydrogen-bond acceptors (Lipinski definition) is 3. The summed E-state index contributed by atoms with van der Waals surface area (Å²) in [6.45, 7) is 1.56. The Morgan fingerprint density at radius 3 is 2.50 bits per heavy atom. The number of fused-ring (bicyclic) bond motifs is 2. The third-order valence-corrected chi connectivity index (χ3v) is 3.81. The highest BCUT2D eigenvalue weighted by atomic mass is 16.5. The normalized spacial score (nSPS) is 33.3. The lowest BCUT2D eigenvalue weighted by Crippen LogP contribution is -2.48. The molecule has 0 N–H and O–H groups in total. The number of hydrogen-bond donors (Lipinski definition) is 0. The number of ketones is 1. The van der Waals surface area contributed by atoms with Crippen LogP contribution in [0.25, 0.3) is 0 Å². The van der Waals surface area contributed by atoms with E-state index in [9.17, 15) is 9.59 Å². The van der Waals surface area contributed by atoms with Crippen molar-refractivity contribution in [2.45, 2.75) is 18.9 Å². The topological polar surface area (TPSA) is 43.4 Å². The second kappa shape index (κ2) is 4.09. The van der Waals surface area contributed by atoms with E-state index in [1.807, 2.05) is 42.5 Å². The van der Waals surface area contributed by atoms with Gasteiger partial charge in [-0.25, -0.2) is 0 Å². The van der Waals surface area contributed by atoms with Gasteiger partial charge in [0.15, 0.2) is 0 Å². The van der Waals surface area contributed by atoms with Gasteiger partial charge in [-0.15, -0.1) is 0 Å². The number of benzene rings is 1. The van der Waals surface area contributed by atoms with Crippen LogP contribution >= 0.6 is 0 Å². The summed E-state index contributed by atoms with van der Waals surface area (Å²) < 4.78 is 5.35. The maximum absolute atomic E-state index is 11.9. The van der Waals surface area contributed by atoms with Crippen molar-refractivity contribution >= 4 is 11.8 Å². The molecule has 3 aliphatic rings. The van der Waals surface area contributed by atoms with Crippen molar-refractivity contribution in [2.75, 3.05) is 0 Å². The van der Waals surface area contributed by atoms with Gasteiger partial charge in [0.1, 0.15) is 11.9 Å². The van der Waals surface area contributed by atoms with Crippen molar-refractivity contribution < 1.29 is 14.3 Å². The molecule has 0 spiro atoms. The van der Waals surface area contributed by atoms with Gasteiger partial charge in [-0.3, -0.25) is 9.59 Å². The third kappa shape index (κ3) is 1.58. The maximum Gasteiger partial charge on any atom is 0.314 e. The first kappa shape index (κ1) is 11.2. The van der Waals surface area contributed by atoms with Crippen LogP contribution < -0.4 is 0 Å². The van der Waals surface area contributed by atoms with Crippen LogP contribution in [0.4, 0.5) is 0 Å². The quantitative estimate of drug-likeness (QED) is 0.589. The van der Waals surface area contributed by atoms with Crippen molar-refractivity contribution in [1.29, 1.82) is 0 Å². The van der Waals surface area contributed by atoms with Crippen LogP contribution in [0.5, 0.6) is 0 Å². The second-order valence-corrected chi connectivity index (χ2v) is 4.89. The average molecular weight is 242 g/mol. The number of carbonyl (C=O) groups is 2. The molecule has 4 atom stereocenters. The largest absolute Gasteiger partial charge is 0.457 e. The standard InChI is InChI=1S/C15H14O3/c1-9(16)13-11-7-8-12(18-15(11)17)14(13)10-5-3-2-4-6-10/h2-8,11-14H,1H3. The van der Waals surface area contributed by atoms with Crippen LogP contribution in [0.2, 0.25) is 0 Å². The second-order valence-electron chi connectivity index (χ2n) is 4.89. The molecular weight excluding hydrogens is 228 g/mol. The summed E-state index contributed by atoms with van der Waals surface area (Å²) in [6, 6.07) is 9.81. The van der Waals surface area contributed by atoms with Gasteiger partial charge in [0.05, 0.1) is 5.92 Å². The predicted octanol–water partition coefficient (Wildman–Crippen LogP) is 2.09. The Balaban J connectivity index is 2.06. The van der Waals surface area contributed by atoms with Gasteiger partial charge in [-0.1, -0.05) is 36.4 Å². The number of ether oxygens (including phenoxy) is 1. The summed E-state index contributed by atoms with van der Waals surface area (Å²) in [5, 5.41) is 0. The first-order chi connectivity index (χ1) is 8.68. The zero-order valence-electron chi connectivity index (χ0n) is 10.1. The van der Waals surface area contributed by atoms with Crippen LogP contribution in [-0.4, -0.2) is 17.9 Å². The summed E-state index contributed by atoms with van der Waals surface area (Å²) in [5.41, 5.74) is 1.06. The van der Waals surface area contributed by atoms with E-state index in [0.717, 1.165) is 5.56 Å². The number of carbonyl (C=O) groups excluding carboxylic acids is 2. The summed E-state index contributed by atoms with van der Waals surface area (Å²) in [4.78, 5) is 23.6. The molecule has 1 fully saturated rings. The van der Waals surface area contributed by atoms with Gasteiger partial charge in [0, 0.05) is 11.8 Å². The van der Waals surface area contributed by atoms with E-state index in [1.165, 1.54) is 0 Å². The van der Waals surface area contributed by atoms with Gasteiger partial charge in [0.2, 0.25) is 0 Å². The van der Waals surface area contributed by atoms with Crippen LogP contribution in [0, 0.1) is 11.8 Å². The van der Waals surface area contributed by atoms with Gasteiger partial charge in [0.25, 0.3) is 0 Å². The Kier molecular flexibility index (Phi) is 2.54. The fourth-order valence-corrected chi connectivity index (χ4v) is 3.02. The summed E-state index contributed by atoms with van der Waals surface area (Å²) in [5.74, 6) is -0.965. The van der Waals surface area contributed by atoms with Gasteiger partial charge < -0.3 is 4.74 Å². The minimum absolute atomic E-state index is 0.0450. The smallest absolute Gasteiger partial charge is 0.314 e. The fourth-order valence-electron chi connectivity index (χ4n) is 3.02. The molecule has 4 rings (SSSR count). The number of Topliss-reactive ketones (excluding diaryl/α,β-unsaturated/α-hetero) is 1. The Hall–Kier alpha value is -1.90. The van der Waals surface area contributed by atoms with E-state index in [2.05, 4.69) is 0 Å². The van der Waals surface area contributed by atoms with Crippen LogP contribution in [0.15, 0.2) is 42.5 Å². The summed E-state index contributed by atoms with van der Waals surface area (Å²) in [6.07, 6.45) is 3.42. The van der Waals surface area contributed by atoms with E-state index < -0.39 is 5.92 Å². The molecule has 3 nitrogen and oxygen atoms in total. The highest BCUT2D eigenvalue weighted by Crippen LogP contribution is 2.44. The number of esters is 1. The third-order valence-electron chi connectivity index (χ3n) is 3.81. The molecule has 1 aliphatic carbocycles. The highest BCUT2D eigenvalue weighted by molar-refractivity contribution is 5.89. The SMILES string of the molecule is CC(=O)C1C2C=CC(OC2=O)C1c1ccccc1. The zero-order valence-corrected chi connectivity index (χ0v) is 10.1. The van der Waals surface area contributed by atoms with Crippen molar-refractivity contribution in [3.05, 3.63) is 48.0 Å². The lowest BCUT2D eigenvalue weighted by Gasteiger charge is -2.42. The monoisotopic (exact) mass is 242 g/mol. The molecule has 2 bridgehead atoms. The fraction of sp³-hybridized carbons (Fsp3) is 0.333. The van der Waals surface area contributed by atoms with Gasteiger partial charge in [-0.05, 0) is 18.6 Å². The molecule has 0 aromatic heterocycles. The average Bonchev–Trinajstić information content (AvgIpc) is 2.39. The Bertz CT molecular complexity index is 518.